The van der Waals surface area contributed by atoms with E-state index >= 15 is 0 Å². The number of rotatable bonds is 0. The highest BCUT2D eigenvalue weighted by molar-refractivity contribution is 8.77. The van der Waals surface area contributed by atoms with Crippen molar-refractivity contribution in [3.8, 4) is 5.75 Å². The number of hydrogen-bond donors (Lipinski definition) is 2. The van der Waals surface area contributed by atoms with Crippen LogP contribution in [0.2, 0.25) is 0 Å². The van der Waals surface area contributed by atoms with Gasteiger partial charge in [0.15, 0.2) is 4.87 Å². The number of fused-ring (bicyclic) bond motifs is 4. The Morgan fingerprint density at radius 3 is 2.81 bits per heavy atom. The Bertz CT molecular complexity index is 1080. The lowest BCUT2D eigenvalue weighted by Gasteiger charge is -2.41. The fraction of sp³-hybridized carbons (Fsp3) is 0.389. The predicted molar refractivity (Wildman–Crippen MR) is 99.6 cm³/mol. The van der Waals surface area contributed by atoms with E-state index in [2.05, 4.69) is 0 Å². The first-order chi connectivity index (χ1) is 12.9. The number of Topliss-reactive ketones (excluding diaryl/α,β-unsaturated/α-hetero) is 1. The first-order valence-corrected chi connectivity index (χ1v) is 10.9. The molecule has 0 spiro atoms. The second-order valence-corrected chi connectivity index (χ2v) is 10.3. The molecule has 5 atom stereocenters. The summed E-state index contributed by atoms with van der Waals surface area (Å²) in [6.07, 6.45) is -0.313. The van der Waals surface area contributed by atoms with Crippen molar-refractivity contribution >= 4 is 50.1 Å². The molecular formula is C18H14N2O5S2. The summed E-state index contributed by atoms with van der Waals surface area (Å²) >= 11 is 0. The van der Waals surface area contributed by atoms with Crippen LogP contribution in [0.1, 0.15) is 28.1 Å². The minimum Gasteiger partial charge on any atom is -0.508 e. The first-order valence-electron chi connectivity index (χ1n) is 8.70. The molecule has 3 aliphatic heterocycles. The topological polar surface area (TPSA) is 99.8 Å². The zero-order valence-corrected chi connectivity index (χ0v) is 15.5. The fourth-order valence-electron chi connectivity index (χ4n) is 5.03. The van der Waals surface area contributed by atoms with Crippen LogP contribution >= 0.6 is 21.6 Å². The van der Waals surface area contributed by atoms with Gasteiger partial charge in [0.25, 0.3) is 11.8 Å². The molecule has 2 saturated heterocycles. The van der Waals surface area contributed by atoms with E-state index in [4.69, 9.17) is 0 Å². The van der Waals surface area contributed by atoms with E-state index < -0.39 is 22.9 Å². The standard InChI is InChI=1S/C18H14N2O5S2/c21-8-1-2-10-7(3-8)4-11-16(24)20-14-9-6-18(20,17(25)19(10)11)27-26-13(15(14)23)5-12(9)22/h1-4,9,13-15,21,23H,5-6H2/t9-,13-,14-,15-,18+/m0/s1. The molecule has 6 rings (SSSR count). The maximum Gasteiger partial charge on any atom is 0.272 e. The molecule has 1 aromatic carbocycles. The normalized spacial score (nSPS) is 36.9. The van der Waals surface area contributed by atoms with Gasteiger partial charge in [-0.2, -0.15) is 0 Å². The fourth-order valence-corrected chi connectivity index (χ4v) is 8.57. The average molecular weight is 402 g/mol. The van der Waals surface area contributed by atoms with Crippen molar-refractivity contribution in [3.63, 3.8) is 0 Å². The second-order valence-electron chi connectivity index (χ2n) is 7.55. The summed E-state index contributed by atoms with van der Waals surface area (Å²) in [5.74, 6) is -1.03. The van der Waals surface area contributed by atoms with Crippen LogP contribution in [-0.4, -0.2) is 59.5 Å². The van der Waals surface area contributed by atoms with Crippen molar-refractivity contribution in [1.82, 2.24) is 9.47 Å². The number of carbonyl (C=O) groups is 3. The number of aliphatic hydroxyl groups is 1. The number of aromatic nitrogens is 1. The molecule has 4 heterocycles. The Kier molecular flexibility index (Phi) is 2.91. The second kappa shape index (κ2) is 4.89. The number of benzene rings is 1. The van der Waals surface area contributed by atoms with Gasteiger partial charge in [0.05, 0.1) is 22.9 Å². The molecule has 3 bridgehead atoms. The van der Waals surface area contributed by atoms with Gasteiger partial charge in [-0.25, -0.2) is 0 Å². The molecule has 0 unspecified atom stereocenters. The predicted octanol–water partition coefficient (Wildman–Crippen LogP) is 1.62. The van der Waals surface area contributed by atoms with Crippen molar-refractivity contribution in [2.75, 3.05) is 0 Å². The molecule has 0 radical (unpaired) electrons. The maximum absolute atomic E-state index is 13.7. The number of amides is 1. The highest BCUT2D eigenvalue weighted by atomic mass is 33.1. The van der Waals surface area contributed by atoms with Crippen LogP contribution in [0, 0.1) is 5.92 Å². The van der Waals surface area contributed by atoms with Crippen LogP contribution in [-0.2, 0) is 4.79 Å². The van der Waals surface area contributed by atoms with E-state index in [1.807, 2.05) is 0 Å². The number of phenols is 1. The number of carbonyl (C=O) groups excluding carboxylic acids is 3. The van der Waals surface area contributed by atoms with Gasteiger partial charge in [0.2, 0.25) is 0 Å². The van der Waals surface area contributed by atoms with Gasteiger partial charge in [-0.1, -0.05) is 21.6 Å². The average Bonchev–Trinajstić information content (AvgIpc) is 3.15. The van der Waals surface area contributed by atoms with Gasteiger partial charge in [0, 0.05) is 24.1 Å². The smallest absolute Gasteiger partial charge is 0.272 e. The summed E-state index contributed by atoms with van der Waals surface area (Å²) < 4.78 is 1.42. The Balaban J connectivity index is 1.62. The van der Waals surface area contributed by atoms with Gasteiger partial charge in [-0.05, 0) is 24.3 Å². The number of aliphatic hydroxyl groups excluding tert-OH is 1. The molecule has 27 heavy (non-hydrogen) atoms. The van der Waals surface area contributed by atoms with Crippen LogP contribution in [0.5, 0.6) is 5.75 Å². The quantitative estimate of drug-likeness (QED) is 0.646. The molecule has 1 aliphatic carbocycles. The largest absolute Gasteiger partial charge is 0.508 e. The monoisotopic (exact) mass is 402 g/mol. The van der Waals surface area contributed by atoms with E-state index in [9.17, 15) is 24.6 Å². The van der Waals surface area contributed by atoms with E-state index in [0.29, 0.717) is 10.9 Å². The first kappa shape index (κ1) is 16.0. The molecule has 7 nitrogen and oxygen atoms in total. The van der Waals surface area contributed by atoms with Gasteiger partial charge in [-0.3, -0.25) is 19.0 Å². The zero-order chi connectivity index (χ0) is 18.7. The van der Waals surface area contributed by atoms with Crippen molar-refractivity contribution < 1.29 is 24.6 Å². The zero-order valence-electron chi connectivity index (χ0n) is 13.9. The highest BCUT2D eigenvalue weighted by Crippen LogP contribution is 2.61. The molecule has 138 valence electrons. The van der Waals surface area contributed by atoms with Gasteiger partial charge in [0.1, 0.15) is 17.2 Å². The summed E-state index contributed by atoms with van der Waals surface area (Å²) in [5, 5.41) is 20.9. The Hall–Kier alpha value is -1.97. The van der Waals surface area contributed by atoms with E-state index in [-0.39, 0.29) is 47.1 Å². The maximum atomic E-state index is 13.7. The number of ketones is 1. The summed E-state index contributed by atoms with van der Waals surface area (Å²) in [6, 6.07) is 5.56. The number of nitrogens with zero attached hydrogens (tertiary/aromatic N) is 2. The van der Waals surface area contributed by atoms with Crippen LogP contribution in [0.25, 0.3) is 10.9 Å². The SMILES string of the molecule is O=C1C[C@@H]2SS[C@@]34C[C@@H]1[C@@H]([C@H]2O)N3C(=O)c1cc2cc(O)ccc2n1C4=O. The lowest BCUT2D eigenvalue weighted by Crippen LogP contribution is -2.61. The van der Waals surface area contributed by atoms with Gasteiger partial charge in [-0.15, -0.1) is 0 Å². The summed E-state index contributed by atoms with van der Waals surface area (Å²) in [7, 11) is 2.65. The third-order valence-corrected chi connectivity index (χ3v) is 9.67. The lowest BCUT2D eigenvalue weighted by molar-refractivity contribution is -0.128. The third-order valence-electron chi connectivity index (χ3n) is 6.21. The molecule has 4 aliphatic rings. The molecule has 2 N–H and O–H groups in total. The van der Waals surface area contributed by atoms with Crippen molar-refractivity contribution in [1.29, 1.82) is 0 Å². The molecule has 1 aromatic heterocycles. The van der Waals surface area contributed by atoms with Crippen LogP contribution in [0.4, 0.5) is 0 Å². The number of aromatic hydroxyl groups is 1. The summed E-state index contributed by atoms with van der Waals surface area (Å²) in [4.78, 5) is 40.0. The summed E-state index contributed by atoms with van der Waals surface area (Å²) in [6.45, 7) is 0. The van der Waals surface area contributed by atoms with Crippen LogP contribution < -0.4 is 0 Å². The Morgan fingerprint density at radius 2 is 2.00 bits per heavy atom. The van der Waals surface area contributed by atoms with E-state index in [1.165, 1.54) is 43.2 Å². The third kappa shape index (κ3) is 1.73. The summed E-state index contributed by atoms with van der Waals surface area (Å²) in [5.41, 5.74) is 0.775. The minimum absolute atomic E-state index is 0.0249. The number of phenolic OH excluding ortho intramolecular Hbond substituents is 1. The lowest BCUT2D eigenvalue weighted by atomic mass is 9.81. The molecule has 9 heteroatoms. The van der Waals surface area contributed by atoms with Crippen LogP contribution in [0.15, 0.2) is 24.3 Å². The van der Waals surface area contributed by atoms with E-state index in [1.54, 1.807) is 12.1 Å². The van der Waals surface area contributed by atoms with Gasteiger partial charge >= 0.3 is 0 Å². The van der Waals surface area contributed by atoms with Gasteiger partial charge < -0.3 is 15.1 Å². The molecule has 1 saturated carbocycles. The van der Waals surface area contributed by atoms with Crippen molar-refractivity contribution in [2.45, 2.75) is 35.1 Å². The van der Waals surface area contributed by atoms with Crippen molar-refractivity contribution in [3.05, 3.63) is 30.0 Å². The molecule has 3 fully saturated rings. The molecule has 1 amide bonds. The van der Waals surface area contributed by atoms with Crippen LogP contribution in [0.3, 0.4) is 0 Å². The van der Waals surface area contributed by atoms with Crippen molar-refractivity contribution in [2.24, 2.45) is 5.92 Å². The highest BCUT2D eigenvalue weighted by Gasteiger charge is 2.69. The minimum atomic E-state index is -1.18. The Labute approximate surface area is 161 Å². The van der Waals surface area contributed by atoms with E-state index in [0.717, 1.165) is 0 Å². The molecular weight excluding hydrogens is 388 g/mol. The Morgan fingerprint density at radius 1 is 1.19 bits per heavy atom. The number of hydrogen-bond acceptors (Lipinski definition) is 7. The molecule has 2 aromatic rings.